The van der Waals surface area contributed by atoms with Crippen molar-refractivity contribution in [3.8, 4) is 6.07 Å². The van der Waals surface area contributed by atoms with Gasteiger partial charge in [0.05, 0.1) is 5.56 Å². The minimum atomic E-state index is 0.405. The Bertz CT molecular complexity index is 469. The monoisotopic (exact) mass is 264 g/mol. The van der Waals surface area contributed by atoms with Crippen LogP contribution in [0.15, 0.2) is 12.3 Å². The number of pyridine rings is 1. The summed E-state index contributed by atoms with van der Waals surface area (Å²) >= 11 is 6.22. The first-order chi connectivity index (χ1) is 8.63. The molecule has 5 heteroatoms. The predicted molar refractivity (Wildman–Crippen MR) is 72.9 cm³/mol. The molecule has 0 bridgehead atoms. The fraction of sp³-hybridized carbons (Fsp3) is 0.538. The first-order valence-electron chi connectivity index (χ1n) is 6.09. The predicted octanol–water partition coefficient (Wildman–Crippen LogP) is 2.14. The number of piperidine rings is 1. The normalized spacial score (nSPS) is 20.4. The molecule has 4 nitrogen and oxygen atoms in total. The van der Waals surface area contributed by atoms with E-state index in [0.29, 0.717) is 22.4 Å². The Balaban J connectivity index is 2.23. The fourth-order valence-corrected chi connectivity index (χ4v) is 2.68. The smallest absolute Gasteiger partial charge is 0.148 e. The van der Waals surface area contributed by atoms with E-state index in [1.165, 1.54) is 6.42 Å². The van der Waals surface area contributed by atoms with Crippen LogP contribution in [0.3, 0.4) is 0 Å². The molecule has 0 amide bonds. The maximum Gasteiger partial charge on any atom is 0.148 e. The lowest BCUT2D eigenvalue weighted by Crippen LogP contribution is -2.45. The zero-order valence-corrected chi connectivity index (χ0v) is 11.5. The van der Waals surface area contributed by atoms with E-state index < -0.39 is 0 Å². The molecule has 2 heterocycles. The molecule has 0 aliphatic carbocycles. The number of hydrogen-bond acceptors (Lipinski definition) is 4. The highest BCUT2D eigenvalue weighted by Gasteiger charge is 2.24. The van der Waals surface area contributed by atoms with Crippen molar-refractivity contribution in [1.82, 2.24) is 9.88 Å². The second-order valence-corrected chi connectivity index (χ2v) is 5.16. The van der Waals surface area contributed by atoms with Gasteiger partial charge in [0.2, 0.25) is 0 Å². The molecule has 1 unspecified atom stereocenters. The lowest BCUT2D eigenvalue weighted by Gasteiger charge is -2.36. The molecule has 1 aromatic rings. The highest BCUT2D eigenvalue weighted by molar-refractivity contribution is 6.34. The Labute approximate surface area is 113 Å². The molecule has 2 rings (SSSR count). The molecule has 18 heavy (non-hydrogen) atoms. The molecular formula is C13H17ClN4. The molecular weight excluding hydrogens is 248 g/mol. The van der Waals surface area contributed by atoms with Crippen LogP contribution in [-0.4, -0.2) is 43.1 Å². The number of nitrogens with zero attached hydrogens (tertiary/aromatic N) is 4. The van der Waals surface area contributed by atoms with E-state index in [1.54, 1.807) is 12.3 Å². The molecule has 0 N–H and O–H groups in total. The third-order valence-electron chi connectivity index (χ3n) is 3.47. The maximum absolute atomic E-state index is 8.99. The molecule has 1 fully saturated rings. The van der Waals surface area contributed by atoms with E-state index in [2.05, 4.69) is 27.9 Å². The average molecular weight is 265 g/mol. The number of hydrogen-bond donors (Lipinski definition) is 0. The summed E-state index contributed by atoms with van der Waals surface area (Å²) in [4.78, 5) is 8.72. The molecule has 0 spiro atoms. The van der Waals surface area contributed by atoms with Crippen LogP contribution in [-0.2, 0) is 0 Å². The van der Waals surface area contributed by atoms with Gasteiger partial charge in [-0.3, -0.25) is 0 Å². The largest absolute Gasteiger partial charge is 0.354 e. The zero-order valence-electron chi connectivity index (χ0n) is 10.7. The second-order valence-electron chi connectivity index (χ2n) is 4.78. The van der Waals surface area contributed by atoms with Gasteiger partial charge in [-0.2, -0.15) is 5.26 Å². The Morgan fingerprint density at radius 2 is 2.39 bits per heavy atom. The summed E-state index contributed by atoms with van der Waals surface area (Å²) in [5, 5.41) is 9.44. The minimum Gasteiger partial charge on any atom is -0.354 e. The van der Waals surface area contributed by atoms with E-state index in [9.17, 15) is 0 Å². The van der Waals surface area contributed by atoms with Gasteiger partial charge >= 0.3 is 0 Å². The number of rotatable bonds is 2. The molecule has 0 saturated carbocycles. The van der Waals surface area contributed by atoms with E-state index in [-0.39, 0.29) is 0 Å². The fourth-order valence-electron chi connectivity index (χ4n) is 2.39. The molecule has 1 aliphatic heterocycles. The van der Waals surface area contributed by atoms with Crippen LogP contribution in [0.2, 0.25) is 5.02 Å². The van der Waals surface area contributed by atoms with Crippen LogP contribution in [0.4, 0.5) is 5.82 Å². The van der Waals surface area contributed by atoms with Crippen molar-refractivity contribution in [3.05, 3.63) is 22.8 Å². The summed E-state index contributed by atoms with van der Waals surface area (Å²) in [6.45, 7) is 2.15. The Hall–Kier alpha value is -1.31. The lowest BCUT2D eigenvalue weighted by atomic mass is 10.0. The Morgan fingerprint density at radius 3 is 3.06 bits per heavy atom. The summed E-state index contributed by atoms with van der Waals surface area (Å²) < 4.78 is 0. The summed E-state index contributed by atoms with van der Waals surface area (Å²) in [6, 6.07) is 4.14. The topological polar surface area (TPSA) is 43.2 Å². The van der Waals surface area contributed by atoms with Crippen LogP contribution >= 0.6 is 11.6 Å². The van der Waals surface area contributed by atoms with Gasteiger partial charge in [0.25, 0.3) is 0 Å². The number of aromatic nitrogens is 1. The average Bonchev–Trinajstić information content (AvgIpc) is 2.38. The molecule has 0 aromatic carbocycles. The third-order valence-corrected chi connectivity index (χ3v) is 3.85. The van der Waals surface area contributed by atoms with Gasteiger partial charge in [-0.25, -0.2) is 4.98 Å². The van der Waals surface area contributed by atoms with E-state index >= 15 is 0 Å². The van der Waals surface area contributed by atoms with Gasteiger partial charge in [-0.1, -0.05) is 11.6 Å². The van der Waals surface area contributed by atoms with Crippen molar-refractivity contribution in [2.75, 3.05) is 32.1 Å². The second kappa shape index (κ2) is 5.55. The Kier molecular flexibility index (Phi) is 4.05. The van der Waals surface area contributed by atoms with Gasteiger partial charge in [-0.15, -0.1) is 0 Å². The van der Waals surface area contributed by atoms with Crippen molar-refractivity contribution in [2.24, 2.45) is 0 Å². The van der Waals surface area contributed by atoms with Crippen molar-refractivity contribution in [3.63, 3.8) is 0 Å². The van der Waals surface area contributed by atoms with Crippen LogP contribution in [0.5, 0.6) is 0 Å². The van der Waals surface area contributed by atoms with Gasteiger partial charge < -0.3 is 9.80 Å². The quantitative estimate of drug-likeness (QED) is 0.821. The summed E-state index contributed by atoms with van der Waals surface area (Å²) in [6.07, 6.45) is 3.96. The summed E-state index contributed by atoms with van der Waals surface area (Å²) in [5.74, 6) is 0.705. The molecule has 1 saturated heterocycles. The molecule has 0 radical (unpaired) electrons. The molecule has 1 aromatic heterocycles. The van der Waals surface area contributed by atoms with Crippen molar-refractivity contribution >= 4 is 17.4 Å². The zero-order chi connectivity index (χ0) is 13.1. The van der Waals surface area contributed by atoms with E-state index in [0.717, 1.165) is 19.5 Å². The van der Waals surface area contributed by atoms with Crippen molar-refractivity contribution in [2.45, 2.75) is 18.9 Å². The van der Waals surface area contributed by atoms with Crippen LogP contribution in [0.1, 0.15) is 18.4 Å². The molecule has 1 aliphatic rings. The third kappa shape index (κ3) is 2.58. The minimum absolute atomic E-state index is 0.405. The number of anilines is 1. The number of nitriles is 1. The van der Waals surface area contributed by atoms with Crippen LogP contribution in [0, 0.1) is 11.3 Å². The van der Waals surface area contributed by atoms with Crippen LogP contribution in [0.25, 0.3) is 0 Å². The van der Waals surface area contributed by atoms with Gasteiger partial charge in [0.1, 0.15) is 16.9 Å². The first kappa shape index (κ1) is 13.1. The highest BCUT2D eigenvalue weighted by Crippen LogP contribution is 2.28. The number of halogens is 1. The van der Waals surface area contributed by atoms with Crippen LogP contribution < -0.4 is 4.90 Å². The highest BCUT2D eigenvalue weighted by atomic mass is 35.5. The summed E-state index contributed by atoms with van der Waals surface area (Å²) in [5.41, 5.74) is 0.484. The van der Waals surface area contributed by atoms with E-state index in [4.69, 9.17) is 16.9 Å². The summed E-state index contributed by atoms with van der Waals surface area (Å²) in [7, 11) is 4.12. The number of likely N-dealkylation sites (tertiary alicyclic amines) is 1. The van der Waals surface area contributed by atoms with Gasteiger partial charge in [-0.05, 0) is 32.5 Å². The molecule has 1 atom stereocenters. The lowest BCUT2D eigenvalue weighted by molar-refractivity contribution is 0.247. The maximum atomic E-state index is 8.99. The van der Waals surface area contributed by atoms with E-state index in [1.807, 2.05) is 7.05 Å². The van der Waals surface area contributed by atoms with Gasteiger partial charge in [0.15, 0.2) is 0 Å². The SMILES string of the molecule is CN1CCCC(N(C)c2nccc(C#N)c2Cl)C1. The van der Waals surface area contributed by atoms with Crippen molar-refractivity contribution < 1.29 is 0 Å². The van der Waals surface area contributed by atoms with Gasteiger partial charge in [0, 0.05) is 25.8 Å². The standard InChI is InChI=1S/C13H17ClN4/c1-17-7-3-4-11(9-17)18(2)13-12(14)10(8-15)5-6-16-13/h5-6,11H,3-4,7,9H2,1-2H3. The van der Waals surface area contributed by atoms with Crippen molar-refractivity contribution in [1.29, 1.82) is 5.26 Å². The number of likely N-dealkylation sites (N-methyl/N-ethyl adjacent to an activating group) is 2. The molecule has 96 valence electrons. The Morgan fingerprint density at radius 1 is 1.61 bits per heavy atom. The first-order valence-corrected chi connectivity index (χ1v) is 6.47.